The second kappa shape index (κ2) is 7.22. The Balaban J connectivity index is 1.93. The minimum Gasteiger partial charge on any atom is -0.316 e. The van der Waals surface area contributed by atoms with Crippen molar-refractivity contribution in [3.05, 3.63) is 34.6 Å². The van der Waals surface area contributed by atoms with Crippen molar-refractivity contribution in [1.82, 2.24) is 10.2 Å². The van der Waals surface area contributed by atoms with Crippen LogP contribution in [0.3, 0.4) is 0 Å². The van der Waals surface area contributed by atoms with Gasteiger partial charge in [-0.3, -0.25) is 4.90 Å². The maximum atomic E-state index is 13.3. The molecule has 1 N–H and O–H groups in total. The lowest BCUT2D eigenvalue weighted by molar-refractivity contribution is 0.209. The molecule has 1 unspecified atom stereocenters. The second-order valence-corrected chi connectivity index (χ2v) is 5.75. The number of nitrogens with zero attached hydrogens (tertiary/aromatic N) is 1. The summed E-state index contributed by atoms with van der Waals surface area (Å²) in [5.41, 5.74) is 0.954. The first-order chi connectivity index (χ1) is 9.17. The van der Waals surface area contributed by atoms with Crippen molar-refractivity contribution < 1.29 is 4.39 Å². The van der Waals surface area contributed by atoms with Crippen molar-refractivity contribution in [2.24, 2.45) is 5.92 Å². The predicted octanol–water partition coefficient (Wildman–Crippen LogP) is 3.30. The van der Waals surface area contributed by atoms with Crippen LogP contribution in [0, 0.1) is 11.7 Å². The van der Waals surface area contributed by atoms with E-state index in [1.54, 1.807) is 6.07 Å². The third kappa shape index (κ3) is 4.75. The van der Waals surface area contributed by atoms with Crippen LogP contribution in [0.2, 0.25) is 5.02 Å². The van der Waals surface area contributed by atoms with Crippen LogP contribution in [0.25, 0.3) is 0 Å². The van der Waals surface area contributed by atoms with Gasteiger partial charge in [0.05, 0.1) is 0 Å². The lowest BCUT2D eigenvalue weighted by Crippen LogP contribution is -2.38. The number of hydrogen-bond donors (Lipinski definition) is 1. The number of piperidine rings is 1. The van der Waals surface area contributed by atoms with Gasteiger partial charge in [0.1, 0.15) is 5.82 Å². The monoisotopic (exact) mass is 284 g/mol. The summed E-state index contributed by atoms with van der Waals surface area (Å²) in [4.78, 5) is 2.36. The first-order valence-electron chi connectivity index (χ1n) is 7.05. The van der Waals surface area contributed by atoms with Crippen LogP contribution in [0.1, 0.15) is 25.3 Å². The van der Waals surface area contributed by atoms with E-state index in [2.05, 4.69) is 17.1 Å². The van der Waals surface area contributed by atoms with Gasteiger partial charge in [-0.1, -0.05) is 18.5 Å². The van der Waals surface area contributed by atoms with Crippen LogP contribution in [0.5, 0.6) is 0 Å². The molecule has 2 rings (SSSR count). The first-order valence-corrected chi connectivity index (χ1v) is 7.43. The first kappa shape index (κ1) is 14.8. The van der Waals surface area contributed by atoms with Gasteiger partial charge < -0.3 is 5.32 Å². The third-order valence-electron chi connectivity index (χ3n) is 3.69. The number of nitrogens with one attached hydrogen (secondary N) is 1. The molecule has 0 aliphatic carbocycles. The molecule has 1 heterocycles. The fourth-order valence-electron chi connectivity index (χ4n) is 2.71. The Morgan fingerprint density at radius 3 is 2.89 bits per heavy atom. The van der Waals surface area contributed by atoms with E-state index in [0.29, 0.717) is 10.9 Å². The number of rotatable bonds is 5. The van der Waals surface area contributed by atoms with Crippen molar-refractivity contribution in [2.45, 2.75) is 26.3 Å². The second-order valence-electron chi connectivity index (χ2n) is 5.32. The van der Waals surface area contributed by atoms with E-state index in [-0.39, 0.29) is 5.82 Å². The summed E-state index contributed by atoms with van der Waals surface area (Å²) < 4.78 is 13.3. The lowest BCUT2D eigenvalue weighted by Gasteiger charge is -2.29. The van der Waals surface area contributed by atoms with E-state index in [0.717, 1.165) is 38.3 Å². The quantitative estimate of drug-likeness (QED) is 0.892. The number of benzene rings is 1. The van der Waals surface area contributed by atoms with E-state index in [9.17, 15) is 4.39 Å². The zero-order valence-corrected chi connectivity index (χ0v) is 12.2. The predicted molar refractivity (Wildman–Crippen MR) is 78.0 cm³/mol. The van der Waals surface area contributed by atoms with Crippen LogP contribution < -0.4 is 5.32 Å². The van der Waals surface area contributed by atoms with Crippen LogP contribution in [-0.4, -0.2) is 31.1 Å². The molecule has 1 aromatic carbocycles. The molecule has 1 saturated heterocycles. The average Bonchev–Trinajstić information content (AvgIpc) is 2.38. The maximum absolute atomic E-state index is 13.3. The van der Waals surface area contributed by atoms with Crippen molar-refractivity contribution in [3.63, 3.8) is 0 Å². The number of halogens is 2. The largest absolute Gasteiger partial charge is 0.316 e. The summed E-state index contributed by atoms with van der Waals surface area (Å²) in [5.74, 6) is 0.454. The smallest absolute Gasteiger partial charge is 0.125 e. The highest BCUT2D eigenvalue weighted by molar-refractivity contribution is 6.30. The summed E-state index contributed by atoms with van der Waals surface area (Å²) in [5, 5.41) is 3.92. The summed E-state index contributed by atoms with van der Waals surface area (Å²) in [6.07, 6.45) is 2.54. The summed E-state index contributed by atoms with van der Waals surface area (Å²) in [7, 11) is 0. The van der Waals surface area contributed by atoms with E-state index in [1.165, 1.54) is 18.9 Å². The van der Waals surface area contributed by atoms with Crippen molar-refractivity contribution in [2.75, 3.05) is 26.2 Å². The van der Waals surface area contributed by atoms with Gasteiger partial charge in [0.25, 0.3) is 0 Å². The summed E-state index contributed by atoms with van der Waals surface area (Å²) in [6.45, 7) is 7.20. The molecule has 1 aliphatic heterocycles. The molecule has 19 heavy (non-hydrogen) atoms. The molecule has 0 amide bonds. The molecule has 0 saturated carbocycles. The maximum Gasteiger partial charge on any atom is 0.125 e. The van der Waals surface area contributed by atoms with Crippen LogP contribution >= 0.6 is 11.6 Å². The fourth-order valence-corrected chi connectivity index (χ4v) is 2.96. The van der Waals surface area contributed by atoms with Crippen LogP contribution in [0.4, 0.5) is 4.39 Å². The molecular weight excluding hydrogens is 263 g/mol. The average molecular weight is 285 g/mol. The SMILES string of the molecule is CCN(Cc1cc(F)cc(Cl)c1)CC1CCCNC1. The van der Waals surface area contributed by atoms with Gasteiger partial charge in [0.2, 0.25) is 0 Å². The molecule has 0 spiro atoms. The zero-order chi connectivity index (χ0) is 13.7. The van der Waals surface area contributed by atoms with E-state index < -0.39 is 0 Å². The molecule has 1 atom stereocenters. The minimum atomic E-state index is -0.252. The Labute approximate surface area is 119 Å². The van der Waals surface area contributed by atoms with Gasteiger partial charge in [-0.05, 0) is 62.2 Å². The van der Waals surface area contributed by atoms with Crippen molar-refractivity contribution >= 4 is 11.6 Å². The Morgan fingerprint density at radius 2 is 2.26 bits per heavy atom. The number of hydrogen-bond acceptors (Lipinski definition) is 2. The Bertz CT molecular complexity index is 385. The van der Waals surface area contributed by atoms with Gasteiger partial charge in [0.15, 0.2) is 0 Å². The van der Waals surface area contributed by atoms with Gasteiger partial charge in [-0.15, -0.1) is 0 Å². The van der Waals surface area contributed by atoms with E-state index in [1.807, 2.05) is 6.07 Å². The zero-order valence-electron chi connectivity index (χ0n) is 11.5. The summed E-state index contributed by atoms with van der Waals surface area (Å²) >= 11 is 5.90. The molecule has 4 heteroatoms. The molecule has 1 aliphatic rings. The Kier molecular flexibility index (Phi) is 5.61. The molecule has 0 radical (unpaired) electrons. The highest BCUT2D eigenvalue weighted by atomic mass is 35.5. The molecular formula is C15H22ClFN2. The molecule has 0 aromatic heterocycles. The van der Waals surface area contributed by atoms with Crippen LogP contribution in [0.15, 0.2) is 18.2 Å². The fraction of sp³-hybridized carbons (Fsp3) is 0.600. The van der Waals surface area contributed by atoms with Gasteiger partial charge in [-0.25, -0.2) is 4.39 Å². The van der Waals surface area contributed by atoms with E-state index in [4.69, 9.17) is 11.6 Å². The molecule has 2 nitrogen and oxygen atoms in total. The lowest BCUT2D eigenvalue weighted by atomic mass is 9.99. The van der Waals surface area contributed by atoms with Gasteiger partial charge >= 0.3 is 0 Å². The highest BCUT2D eigenvalue weighted by Crippen LogP contribution is 2.17. The molecule has 106 valence electrons. The molecule has 0 bridgehead atoms. The van der Waals surface area contributed by atoms with Crippen molar-refractivity contribution in [3.8, 4) is 0 Å². The van der Waals surface area contributed by atoms with E-state index >= 15 is 0 Å². The molecule has 1 aromatic rings. The van der Waals surface area contributed by atoms with Gasteiger partial charge in [0, 0.05) is 18.1 Å². The normalized spacial score (nSPS) is 19.9. The standard InChI is InChI=1S/C15H22ClFN2/c1-2-19(10-12-4-3-5-18-9-12)11-13-6-14(16)8-15(17)7-13/h6-8,12,18H,2-5,9-11H2,1H3. The summed E-state index contributed by atoms with van der Waals surface area (Å²) in [6, 6.07) is 4.78. The van der Waals surface area contributed by atoms with Crippen molar-refractivity contribution in [1.29, 1.82) is 0 Å². The topological polar surface area (TPSA) is 15.3 Å². The minimum absolute atomic E-state index is 0.252. The molecule has 1 fully saturated rings. The Hall–Kier alpha value is -0.640. The van der Waals surface area contributed by atoms with Gasteiger partial charge in [-0.2, -0.15) is 0 Å². The van der Waals surface area contributed by atoms with Crippen LogP contribution in [-0.2, 0) is 6.54 Å². The highest BCUT2D eigenvalue weighted by Gasteiger charge is 2.16. The third-order valence-corrected chi connectivity index (χ3v) is 3.91. The Morgan fingerprint density at radius 1 is 1.42 bits per heavy atom.